The Balaban J connectivity index is 2.28. The summed E-state index contributed by atoms with van der Waals surface area (Å²) >= 11 is 2.09. The molecule has 92 valence electrons. The molecular formula is C13H11IN2O2. The number of nitrogens with zero attached hydrogens (tertiary/aromatic N) is 1. The first kappa shape index (κ1) is 12.8. The Kier molecular flexibility index (Phi) is 3.81. The maximum Gasteiger partial charge on any atom is 0.259 e. The molecular weight excluding hydrogens is 343 g/mol. The number of halogens is 1. The standard InChI is InChI=1S/C13H11IN2O2/c1-8-4-5-15-7-11(8)16-13(18)10-6-9(14)2-3-12(10)17/h2-7,17H,1H3,(H,16,18). The van der Waals surface area contributed by atoms with Gasteiger partial charge in [0.05, 0.1) is 17.4 Å². The monoisotopic (exact) mass is 354 g/mol. The summed E-state index contributed by atoms with van der Waals surface area (Å²) in [5.41, 5.74) is 1.81. The third-order valence-corrected chi connectivity index (χ3v) is 3.16. The highest BCUT2D eigenvalue weighted by Crippen LogP contribution is 2.21. The number of phenolic OH excluding ortho intramolecular Hbond substituents is 1. The summed E-state index contributed by atoms with van der Waals surface area (Å²) in [6.45, 7) is 1.88. The molecule has 1 amide bonds. The maximum atomic E-state index is 12.0. The molecule has 0 aliphatic carbocycles. The lowest BCUT2D eigenvalue weighted by Crippen LogP contribution is -2.13. The van der Waals surface area contributed by atoms with E-state index in [1.54, 1.807) is 24.5 Å². The summed E-state index contributed by atoms with van der Waals surface area (Å²) in [6, 6.07) is 6.69. The van der Waals surface area contributed by atoms with Crippen LogP contribution in [0.1, 0.15) is 15.9 Å². The van der Waals surface area contributed by atoms with Gasteiger partial charge in [-0.15, -0.1) is 0 Å². The summed E-state index contributed by atoms with van der Waals surface area (Å²) < 4.78 is 0.887. The molecule has 0 aliphatic rings. The van der Waals surface area contributed by atoms with Gasteiger partial charge in [-0.2, -0.15) is 0 Å². The van der Waals surface area contributed by atoms with Gasteiger partial charge in [0.2, 0.25) is 0 Å². The number of benzene rings is 1. The van der Waals surface area contributed by atoms with E-state index < -0.39 is 0 Å². The highest BCUT2D eigenvalue weighted by Gasteiger charge is 2.12. The van der Waals surface area contributed by atoms with E-state index in [4.69, 9.17) is 0 Å². The van der Waals surface area contributed by atoms with Gasteiger partial charge in [-0.3, -0.25) is 9.78 Å². The number of aromatic nitrogens is 1. The first-order chi connectivity index (χ1) is 8.58. The second-order valence-electron chi connectivity index (χ2n) is 3.81. The number of amides is 1. The van der Waals surface area contributed by atoms with Crippen LogP contribution in [-0.2, 0) is 0 Å². The Bertz CT molecular complexity index is 599. The lowest BCUT2D eigenvalue weighted by atomic mass is 10.1. The van der Waals surface area contributed by atoms with Crippen LogP contribution in [0.2, 0.25) is 0 Å². The van der Waals surface area contributed by atoms with Crippen molar-refractivity contribution in [2.45, 2.75) is 6.92 Å². The van der Waals surface area contributed by atoms with Crippen molar-refractivity contribution in [3.63, 3.8) is 0 Å². The van der Waals surface area contributed by atoms with Crippen molar-refractivity contribution in [3.05, 3.63) is 51.4 Å². The van der Waals surface area contributed by atoms with Crippen molar-refractivity contribution >= 4 is 34.2 Å². The Labute approximate surface area is 118 Å². The summed E-state index contributed by atoms with van der Waals surface area (Å²) in [4.78, 5) is 16.0. The van der Waals surface area contributed by atoms with Crippen LogP contribution >= 0.6 is 22.6 Å². The van der Waals surface area contributed by atoms with E-state index in [9.17, 15) is 9.90 Å². The Morgan fingerprint density at radius 2 is 2.17 bits per heavy atom. The number of nitrogens with one attached hydrogen (secondary N) is 1. The number of aryl methyl sites for hydroxylation is 1. The molecule has 1 aromatic heterocycles. The Morgan fingerprint density at radius 3 is 2.89 bits per heavy atom. The fourth-order valence-corrected chi connectivity index (χ4v) is 1.97. The molecule has 0 spiro atoms. The zero-order chi connectivity index (χ0) is 13.1. The highest BCUT2D eigenvalue weighted by molar-refractivity contribution is 14.1. The van der Waals surface area contributed by atoms with Gasteiger partial charge in [0.15, 0.2) is 0 Å². The Morgan fingerprint density at radius 1 is 1.39 bits per heavy atom. The van der Waals surface area contributed by atoms with Gasteiger partial charge in [0, 0.05) is 9.77 Å². The smallest absolute Gasteiger partial charge is 0.259 e. The van der Waals surface area contributed by atoms with Crippen LogP contribution in [0.15, 0.2) is 36.7 Å². The highest BCUT2D eigenvalue weighted by atomic mass is 127. The first-order valence-corrected chi connectivity index (χ1v) is 6.36. The van der Waals surface area contributed by atoms with Crippen LogP contribution in [0.4, 0.5) is 5.69 Å². The number of carbonyl (C=O) groups excluding carboxylic acids is 1. The van der Waals surface area contributed by atoms with Gasteiger partial charge in [-0.05, 0) is 59.3 Å². The molecule has 4 nitrogen and oxygen atoms in total. The maximum absolute atomic E-state index is 12.0. The summed E-state index contributed by atoms with van der Waals surface area (Å²) in [7, 11) is 0. The normalized spacial score (nSPS) is 10.1. The minimum Gasteiger partial charge on any atom is -0.507 e. The van der Waals surface area contributed by atoms with Gasteiger partial charge in [0.1, 0.15) is 5.75 Å². The van der Waals surface area contributed by atoms with Crippen molar-refractivity contribution in [2.75, 3.05) is 5.32 Å². The summed E-state index contributed by atoms with van der Waals surface area (Å²) in [6.07, 6.45) is 3.24. The topological polar surface area (TPSA) is 62.2 Å². The lowest BCUT2D eigenvalue weighted by Gasteiger charge is -2.08. The van der Waals surface area contributed by atoms with Gasteiger partial charge in [-0.25, -0.2) is 0 Å². The first-order valence-electron chi connectivity index (χ1n) is 5.28. The third kappa shape index (κ3) is 2.79. The molecule has 0 saturated carbocycles. The average molecular weight is 354 g/mol. The van der Waals surface area contributed by atoms with Crippen LogP contribution in [0, 0.1) is 10.5 Å². The second-order valence-corrected chi connectivity index (χ2v) is 5.05. The summed E-state index contributed by atoms with van der Waals surface area (Å²) in [5, 5.41) is 12.4. The lowest BCUT2D eigenvalue weighted by molar-refractivity contribution is 0.102. The van der Waals surface area contributed by atoms with Gasteiger partial charge >= 0.3 is 0 Å². The Hall–Kier alpha value is -1.63. The van der Waals surface area contributed by atoms with Gasteiger partial charge in [0.25, 0.3) is 5.91 Å². The predicted octanol–water partition coefficient (Wildman–Crippen LogP) is 2.95. The molecule has 5 heteroatoms. The van der Waals surface area contributed by atoms with Crippen molar-refractivity contribution < 1.29 is 9.90 Å². The third-order valence-electron chi connectivity index (χ3n) is 2.49. The fourth-order valence-electron chi connectivity index (χ4n) is 1.47. The van der Waals surface area contributed by atoms with Gasteiger partial charge < -0.3 is 10.4 Å². The number of anilines is 1. The molecule has 0 atom stereocenters. The minimum atomic E-state index is -0.345. The van der Waals surface area contributed by atoms with E-state index in [2.05, 4.69) is 32.9 Å². The van der Waals surface area contributed by atoms with Gasteiger partial charge in [-0.1, -0.05) is 0 Å². The van der Waals surface area contributed by atoms with E-state index in [0.29, 0.717) is 5.69 Å². The van der Waals surface area contributed by atoms with Crippen molar-refractivity contribution in [2.24, 2.45) is 0 Å². The van der Waals surface area contributed by atoms with Crippen molar-refractivity contribution in [1.29, 1.82) is 0 Å². The molecule has 0 aliphatic heterocycles. The SMILES string of the molecule is Cc1ccncc1NC(=O)c1cc(I)ccc1O. The van der Waals surface area contributed by atoms with E-state index in [-0.39, 0.29) is 17.2 Å². The molecule has 18 heavy (non-hydrogen) atoms. The number of phenols is 1. The van der Waals surface area contributed by atoms with Crippen LogP contribution in [0.5, 0.6) is 5.75 Å². The van der Waals surface area contributed by atoms with Crippen LogP contribution in [0.3, 0.4) is 0 Å². The molecule has 0 unspecified atom stereocenters. The van der Waals surface area contributed by atoms with Crippen LogP contribution < -0.4 is 5.32 Å². The summed E-state index contributed by atoms with van der Waals surface area (Å²) in [5.74, 6) is -0.378. The quantitative estimate of drug-likeness (QED) is 0.816. The number of rotatable bonds is 2. The number of hydrogen-bond donors (Lipinski definition) is 2. The number of aromatic hydroxyl groups is 1. The zero-order valence-electron chi connectivity index (χ0n) is 9.64. The molecule has 0 saturated heterocycles. The molecule has 0 bridgehead atoms. The van der Waals surface area contributed by atoms with E-state index in [1.807, 2.05) is 13.0 Å². The van der Waals surface area contributed by atoms with E-state index in [0.717, 1.165) is 9.13 Å². The molecule has 0 radical (unpaired) electrons. The fraction of sp³-hybridized carbons (Fsp3) is 0.0769. The molecule has 0 fully saturated rings. The molecule has 2 N–H and O–H groups in total. The number of pyridine rings is 1. The van der Waals surface area contributed by atoms with Crippen molar-refractivity contribution in [3.8, 4) is 5.75 Å². The van der Waals surface area contributed by atoms with E-state index >= 15 is 0 Å². The van der Waals surface area contributed by atoms with E-state index in [1.165, 1.54) is 6.07 Å². The largest absolute Gasteiger partial charge is 0.507 e. The number of carbonyl (C=O) groups is 1. The minimum absolute atomic E-state index is 0.0329. The van der Waals surface area contributed by atoms with Crippen LogP contribution in [0.25, 0.3) is 0 Å². The second kappa shape index (κ2) is 5.34. The number of hydrogen-bond acceptors (Lipinski definition) is 3. The average Bonchev–Trinajstić information content (AvgIpc) is 2.35. The molecule has 1 heterocycles. The molecule has 2 rings (SSSR count). The zero-order valence-corrected chi connectivity index (χ0v) is 11.8. The van der Waals surface area contributed by atoms with Crippen LogP contribution in [-0.4, -0.2) is 16.0 Å². The van der Waals surface area contributed by atoms with Crippen molar-refractivity contribution in [1.82, 2.24) is 4.98 Å². The molecule has 2 aromatic rings. The molecule has 1 aromatic carbocycles. The predicted molar refractivity (Wildman–Crippen MR) is 77.8 cm³/mol.